The summed E-state index contributed by atoms with van der Waals surface area (Å²) in [6.45, 7) is 1.89. The first-order valence-electron chi connectivity index (χ1n) is 7.94. The van der Waals surface area contributed by atoms with E-state index in [2.05, 4.69) is 5.32 Å². The summed E-state index contributed by atoms with van der Waals surface area (Å²) in [5, 5.41) is 13.2. The molecule has 2 aliphatic rings. The van der Waals surface area contributed by atoms with Gasteiger partial charge in [-0.05, 0) is 31.0 Å². The summed E-state index contributed by atoms with van der Waals surface area (Å²) in [6.07, 6.45) is 3.09. The number of carbonyl (C=O) groups excluding carboxylic acids is 2. The maximum absolute atomic E-state index is 12.4. The van der Waals surface area contributed by atoms with Crippen molar-refractivity contribution in [3.63, 3.8) is 0 Å². The Balaban J connectivity index is 1.84. The van der Waals surface area contributed by atoms with Crippen molar-refractivity contribution in [3.05, 3.63) is 39.8 Å². The molecule has 1 amide bonds. The fraction of sp³-hybridized carbons (Fsp3) is 0.412. The van der Waals surface area contributed by atoms with Gasteiger partial charge in [-0.2, -0.15) is 0 Å². The van der Waals surface area contributed by atoms with Crippen LogP contribution >= 0.6 is 23.2 Å². The van der Waals surface area contributed by atoms with E-state index in [1.165, 1.54) is 18.2 Å². The van der Waals surface area contributed by atoms with Crippen molar-refractivity contribution in [1.82, 2.24) is 0 Å². The highest BCUT2D eigenvalue weighted by molar-refractivity contribution is 6.37. The second kappa shape index (κ2) is 6.77. The number of carbonyl (C=O) groups is 2. The van der Waals surface area contributed by atoms with Crippen LogP contribution in [0.4, 0.5) is 5.69 Å². The number of nitrogens with one attached hydrogen (secondary N) is 1. The number of hydrogen-bond acceptors (Lipinski definition) is 5. The van der Waals surface area contributed by atoms with Crippen LogP contribution in [0.5, 0.6) is 0 Å². The minimum atomic E-state index is -1.21. The van der Waals surface area contributed by atoms with E-state index in [4.69, 9.17) is 32.7 Å². The van der Waals surface area contributed by atoms with Crippen molar-refractivity contribution < 1.29 is 24.2 Å². The van der Waals surface area contributed by atoms with Gasteiger partial charge in [-0.3, -0.25) is 4.79 Å². The van der Waals surface area contributed by atoms with E-state index in [9.17, 15) is 14.7 Å². The number of esters is 1. The van der Waals surface area contributed by atoms with Crippen molar-refractivity contribution in [2.75, 3.05) is 5.32 Å². The van der Waals surface area contributed by atoms with Crippen LogP contribution in [0.25, 0.3) is 0 Å². The predicted molar refractivity (Wildman–Crippen MR) is 92.3 cm³/mol. The molecule has 1 fully saturated rings. The summed E-state index contributed by atoms with van der Waals surface area (Å²) in [5.41, 5.74) is -0.343. The molecule has 134 valence electrons. The van der Waals surface area contributed by atoms with Crippen molar-refractivity contribution >= 4 is 40.8 Å². The third kappa shape index (κ3) is 3.41. The number of hydrogen-bond donors (Lipinski definition) is 2. The monoisotopic (exact) mass is 385 g/mol. The summed E-state index contributed by atoms with van der Waals surface area (Å²) in [5.74, 6) is -3.80. The van der Waals surface area contributed by atoms with Crippen LogP contribution in [0.2, 0.25) is 10.0 Å². The van der Waals surface area contributed by atoms with E-state index in [1.54, 1.807) is 0 Å². The lowest BCUT2D eigenvalue weighted by Crippen LogP contribution is -2.50. The summed E-state index contributed by atoms with van der Waals surface area (Å²) >= 11 is 11.8. The third-order valence-corrected chi connectivity index (χ3v) is 5.07. The zero-order valence-electron chi connectivity index (χ0n) is 13.5. The molecule has 1 aliphatic heterocycles. The standard InChI is InChI=1S/C17H17Cl2NO5/c1-9-4-2-3-7-17(9)24-15(22)13(16(23)25-17)14(21)20-12-6-5-10(18)8-11(12)19/h5-6,8-9,22H,2-4,7H2,1H3,(H,20,21). The Hall–Kier alpha value is -1.92. The molecule has 6 nitrogen and oxygen atoms in total. The highest BCUT2D eigenvalue weighted by Crippen LogP contribution is 2.42. The van der Waals surface area contributed by atoms with Crippen molar-refractivity contribution in [1.29, 1.82) is 0 Å². The third-order valence-electron chi connectivity index (χ3n) is 4.52. The van der Waals surface area contributed by atoms with Crippen LogP contribution in [0.3, 0.4) is 0 Å². The van der Waals surface area contributed by atoms with Gasteiger partial charge in [-0.25, -0.2) is 4.79 Å². The number of benzene rings is 1. The van der Waals surface area contributed by atoms with Crippen LogP contribution in [-0.2, 0) is 19.1 Å². The van der Waals surface area contributed by atoms with Crippen molar-refractivity contribution in [2.24, 2.45) is 5.92 Å². The van der Waals surface area contributed by atoms with E-state index in [0.29, 0.717) is 11.4 Å². The van der Waals surface area contributed by atoms with Gasteiger partial charge in [0.2, 0.25) is 5.57 Å². The molecular weight excluding hydrogens is 369 g/mol. The van der Waals surface area contributed by atoms with Crippen molar-refractivity contribution in [2.45, 2.75) is 38.4 Å². The SMILES string of the molecule is CC1CCCCC12OC(=O)C(C(=O)Nc1ccc(Cl)cc1Cl)=C(O)O2. The maximum atomic E-state index is 12.4. The number of ether oxygens (including phenoxy) is 2. The summed E-state index contributed by atoms with van der Waals surface area (Å²) in [6, 6.07) is 4.47. The molecule has 2 atom stereocenters. The fourth-order valence-electron chi connectivity index (χ4n) is 3.09. The van der Waals surface area contributed by atoms with Gasteiger partial charge in [-0.1, -0.05) is 36.5 Å². The first-order valence-corrected chi connectivity index (χ1v) is 8.70. The molecule has 2 unspecified atom stereocenters. The number of aliphatic hydroxyl groups is 1. The molecule has 0 radical (unpaired) electrons. The Bertz CT molecular complexity index is 763. The molecule has 25 heavy (non-hydrogen) atoms. The Morgan fingerprint density at radius 2 is 2.08 bits per heavy atom. The minimum Gasteiger partial charge on any atom is -0.480 e. The molecular formula is C17H17Cl2NO5. The Labute approximate surface area is 154 Å². The van der Waals surface area contributed by atoms with Crippen LogP contribution in [-0.4, -0.2) is 22.8 Å². The van der Waals surface area contributed by atoms with E-state index < -0.39 is 29.2 Å². The van der Waals surface area contributed by atoms with Gasteiger partial charge in [0.1, 0.15) is 0 Å². The van der Waals surface area contributed by atoms with Gasteiger partial charge in [-0.15, -0.1) is 0 Å². The van der Waals surface area contributed by atoms with Crippen molar-refractivity contribution in [3.8, 4) is 0 Å². The van der Waals surface area contributed by atoms with Gasteiger partial charge in [0, 0.05) is 17.4 Å². The molecule has 1 aromatic rings. The maximum Gasteiger partial charge on any atom is 0.354 e. The second-order valence-corrected chi connectivity index (χ2v) is 7.05. The topological polar surface area (TPSA) is 84.9 Å². The average molecular weight is 386 g/mol. The van der Waals surface area contributed by atoms with Crippen LogP contribution < -0.4 is 5.32 Å². The number of amides is 1. The lowest BCUT2D eigenvalue weighted by Gasteiger charge is -2.43. The molecule has 1 spiro atoms. The average Bonchev–Trinajstić information content (AvgIpc) is 2.52. The number of rotatable bonds is 2. The van der Waals surface area contributed by atoms with Crippen LogP contribution in [0, 0.1) is 5.92 Å². The highest BCUT2D eigenvalue weighted by atomic mass is 35.5. The molecule has 0 bridgehead atoms. The minimum absolute atomic E-state index is 0.0809. The first-order chi connectivity index (χ1) is 11.8. The molecule has 0 saturated heterocycles. The predicted octanol–water partition coefficient (Wildman–Crippen LogP) is 4.18. The van der Waals surface area contributed by atoms with E-state index in [-0.39, 0.29) is 16.6 Å². The Morgan fingerprint density at radius 3 is 2.72 bits per heavy atom. The smallest absolute Gasteiger partial charge is 0.354 e. The second-order valence-electron chi connectivity index (χ2n) is 6.21. The van der Waals surface area contributed by atoms with Gasteiger partial charge < -0.3 is 19.9 Å². The van der Waals surface area contributed by atoms with E-state index >= 15 is 0 Å². The summed E-state index contributed by atoms with van der Waals surface area (Å²) < 4.78 is 10.9. The van der Waals surface area contributed by atoms with Crippen LogP contribution in [0.1, 0.15) is 32.6 Å². The Morgan fingerprint density at radius 1 is 1.32 bits per heavy atom. The molecule has 0 aromatic heterocycles. The van der Waals surface area contributed by atoms with E-state index in [0.717, 1.165) is 19.3 Å². The fourth-order valence-corrected chi connectivity index (χ4v) is 3.54. The molecule has 3 rings (SSSR count). The normalized spacial score (nSPS) is 26.2. The van der Waals surface area contributed by atoms with Gasteiger partial charge in [0.05, 0.1) is 10.7 Å². The number of anilines is 1. The Kier molecular flexibility index (Phi) is 4.84. The van der Waals surface area contributed by atoms with E-state index in [1.807, 2.05) is 6.92 Å². The highest BCUT2D eigenvalue weighted by Gasteiger charge is 2.50. The quantitative estimate of drug-likeness (QED) is 0.588. The molecule has 8 heteroatoms. The van der Waals surface area contributed by atoms with Gasteiger partial charge in [0.15, 0.2) is 0 Å². The van der Waals surface area contributed by atoms with Crippen LogP contribution in [0.15, 0.2) is 29.7 Å². The molecule has 1 aromatic carbocycles. The number of halogens is 2. The van der Waals surface area contributed by atoms with Gasteiger partial charge in [0.25, 0.3) is 11.7 Å². The zero-order chi connectivity index (χ0) is 18.2. The molecule has 1 aliphatic carbocycles. The first kappa shape index (κ1) is 17.9. The zero-order valence-corrected chi connectivity index (χ0v) is 15.0. The summed E-state index contributed by atoms with van der Waals surface area (Å²) in [7, 11) is 0. The molecule has 2 N–H and O–H groups in total. The molecule has 1 heterocycles. The molecule has 1 saturated carbocycles. The summed E-state index contributed by atoms with van der Waals surface area (Å²) in [4.78, 5) is 24.7. The lowest BCUT2D eigenvalue weighted by atomic mass is 9.84. The largest absolute Gasteiger partial charge is 0.480 e. The lowest BCUT2D eigenvalue weighted by molar-refractivity contribution is -0.269. The number of aliphatic hydroxyl groups excluding tert-OH is 1. The van der Waals surface area contributed by atoms with Gasteiger partial charge >= 0.3 is 11.9 Å².